The number of ether oxygens (including phenoxy) is 2. The topological polar surface area (TPSA) is 31.4 Å². The van der Waals surface area contributed by atoms with Crippen molar-refractivity contribution in [3.05, 3.63) is 102 Å². The van der Waals surface area contributed by atoms with Crippen molar-refractivity contribution in [2.75, 3.05) is 0 Å². The molecule has 0 amide bonds. The van der Waals surface area contributed by atoms with Crippen molar-refractivity contribution in [2.24, 2.45) is 0 Å². The van der Waals surface area contributed by atoms with Crippen LogP contribution in [0.5, 0.6) is 11.6 Å². The predicted octanol–water partition coefficient (Wildman–Crippen LogP) is 5.39. The van der Waals surface area contributed by atoms with E-state index < -0.39 is 0 Å². The minimum Gasteiger partial charge on any atom is -0.487 e. The van der Waals surface area contributed by atoms with Gasteiger partial charge in [0.2, 0.25) is 5.88 Å². The lowest BCUT2D eigenvalue weighted by atomic mass is 10.2. The highest BCUT2D eigenvalue weighted by Gasteiger charge is 2.06. The molecule has 0 spiro atoms. The fourth-order valence-electron chi connectivity index (χ4n) is 2.77. The summed E-state index contributed by atoms with van der Waals surface area (Å²) in [5.41, 5.74) is 3.05. The van der Waals surface area contributed by atoms with E-state index >= 15 is 0 Å². The molecule has 0 N–H and O–H groups in total. The van der Waals surface area contributed by atoms with Crippen LogP contribution in [-0.4, -0.2) is 4.98 Å². The highest BCUT2D eigenvalue weighted by molar-refractivity contribution is 5.84. The van der Waals surface area contributed by atoms with Gasteiger partial charge in [-0.25, -0.2) is 4.98 Å². The van der Waals surface area contributed by atoms with Gasteiger partial charge in [0.05, 0.1) is 0 Å². The lowest BCUT2D eigenvalue weighted by Crippen LogP contribution is -1.99. The molecular weight excluding hydrogens is 322 g/mol. The van der Waals surface area contributed by atoms with Gasteiger partial charge < -0.3 is 9.47 Å². The largest absolute Gasteiger partial charge is 0.487 e. The summed E-state index contributed by atoms with van der Waals surface area (Å²) in [5.74, 6) is 1.36. The first-order valence-corrected chi connectivity index (χ1v) is 8.62. The number of hydrogen-bond donors (Lipinski definition) is 0. The average molecular weight is 341 g/mol. The second-order valence-electron chi connectivity index (χ2n) is 6.03. The summed E-state index contributed by atoms with van der Waals surface area (Å²) in [4.78, 5) is 4.66. The van der Waals surface area contributed by atoms with Crippen LogP contribution in [0.15, 0.2) is 91.0 Å². The van der Waals surface area contributed by atoms with Crippen LogP contribution in [0, 0.1) is 0 Å². The van der Waals surface area contributed by atoms with Crippen molar-refractivity contribution in [1.82, 2.24) is 4.98 Å². The van der Waals surface area contributed by atoms with Crippen LogP contribution in [-0.2, 0) is 13.2 Å². The number of benzene rings is 3. The van der Waals surface area contributed by atoms with E-state index in [2.05, 4.69) is 4.98 Å². The van der Waals surface area contributed by atoms with Crippen molar-refractivity contribution in [2.45, 2.75) is 13.2 Å². The van der Waals surface area contributed by atoms with Crippen molar-refractivity contribution in [1.29, 1.82) is 0 Å². The molecule has 0 aliphatic carbocycles. The van der Waals surface area contributed by atoms with E-state index in [1.807, 2.05) is 91.0 Å². The molecule has 1 aromatic heterocycles. The molecular formula is C23H19NO2. The summed E-state index contributed by atoms with van der Waals surface area (Å²) in [6.45, 7) is 1.00. The smallest absolute Gasteiger partial charge is 0.214 e. The molecule has 0 bridgehead atoms. The standard InChI is InChI=1S/C23H19NO2/c1-3-8-18(9-4-1)16-25-21-13-7-12-20-14-15-22(24-23(20)21)26-17-19-10-5-2-6-11-19/h1-15H,16-17H2. The Morgan fingerprint density at radius 2 is 1.23 bits per heavy atom. The number of fused-ring (bicyclic) bond motifs is 1. The van der Waals surface area contributed by atoms with Gasteiger partial charge in [-0.15, -0.1) is 0 Å². The van der Waals surface area contributed by atoms with E-state index in [4.69, 9.17) is 9.47 Å². The van der Waals surface area contributed by atoms with Crippen LogP contribution >= 0.6 is 0 Å². The molecule has 3 heteroatoms. The van der Waals surface area contributed by atoms with Crippen LogP contribution in [0.2, 0.25) is 0 Å². The second kappa shape index (κ2) is 7.70. The van der Waals surface area contributed by atoms with Gasteiger partial charge in [0.25, 0.3) is 0 Å². The Kier molecular flexibility index (Phi) is 4.79. The number of hydrogen-bond acceptors (Lipinski definition) is 3. The number of nitrogens with zero attached hydrogens (tertiary/aromatic N) is 1. The summed E-state index contributed by atoms with van der Waals surface area (Å²) >= 11 is 0. The third-order valence-electron chi connectivity index (χ3n) is 4.12. The van der Waals surface area contributed by atoms with Gasteiger partial charge in [-0.3, -0.25) is 0 Å². The third kappa shape index (κ3) is 3.83. The van der Waals surface area contributed by atoms with Gasteiger partial charge in [0.1, 0.15) is 24.5 Å². The maximum absolute atomic E-state index is 6.01. The molecule has 0 unspecified atom stereocenters. The van der Waals surface area contributed by atoms with E-state index in [1.165, 1.54) is 0 Å². The van der Waals surface area contributed by atoms with Crippen molar-refractivity contribution in [3.63, 3.8) is 0 Å². The first-order chi connectivity index (χ1) is 12.9. The van der Waals surface area contributed by atoms with E-state index in [-0.39, 0.29) is 0 Å². The predicted molar refractivity (Wildman–Crippen MR) is 103 cm³/mol. The lowest BCUT2D eigenvalue weighted by Gasteiger charge is -2.11. The Balaban J connectivity index is 1.54. The fourth-order valence-corrected chi connectivity index (χ4v) is 2.77. The van der Waals surface area contributed by atoms with Crippen molar-refractivity contribution < 1.29 is 9.47 Å². The monoisotopic (exact) mass is 341 g/mol. The van der Waals surface area contributed by atoms with Gasteiger partial charge >= 0.3 is 0 Å². The summed E-state index contributed by atoms with van der Waals surface area (Å²) in [6, 6.07) is 30.0. The Hall–Kier alpha value is -3.33. The summed E-state index contributed by atoms with van der Waals surface area (Å²) in [7, 11) is 0. The molecule has 0 atom stereocenters. The van der Waals surface area contributed by atoms with Crippen LogP contribution in [0.4, 0.5) is 0 Å². The molecule has 26 heavy (non-hydrogen) atoms. The molecule has 4 rings (SSSR count). The Morgan fingerprint density at radius 1 is 0.577 bits per heavy atom. The van der Waals surface area contributed by atoms with E-state index in [1.54, 1.807) is 0 Å². The maximum atomic E-state index is 6.01. The van der Waals surface area contributed by atoms with Crippen LogP contribution < -0.4 is 9.47 Å². The third-order valence-corrected chi connectivity index (χ3v) is 4.12. The molecule has 0 saturated heterocycles. The number of rotatable bonds is 6. The number of para-hydroxylation sites is 1. The van der Waals surface area contributed by atoms with Gasteiger partial charge in [0.15, 0.2) is 0 Å². The van der Waals surface area contributed by atoms with Crippen molar-refractivity contribution >= 4 is 10.9 Å². The Labute approximate surface area is 152 Å². The molecule has 0 aliphatic rings. The van der Waals surface area contributed by atoms with E-state index in [0.717, 1.165) is 27.8 Å². The van der Waals surface area contributed by atoms with E-state index in [0.29, 0.717) is 19.1 Å². The molecule has 4 aromatic rings. The molecule has 0 radical (unpaired) electrons. The molecule has 0 fully saturated rings. The number of aromatic nitrogens is 1. The fraction of sp³-hybridized carbons (Fsp3) is 0.0870. The summed E-state index contributed by atoms with van der Waals surface area (Å²) < 4.78 is 11.9. The Bertz CT molecular complexity index is 985. The molecule has 3 aromatic carbocycles. The highest BCUT2D eigenvalue weighted by atomic mass is 16.5. The van der Waals surface area contributed by atoms with Crippen LogP contribution in [0.3, 0.4) is 0 Å². The average Bonchev–Trinajstić information content (AvgIpc) is 2.72. The molecule has 0 saturated carbocycles. The molecule has 0 aliphatic heterocycles. The van der Waals surface area contributed by atoms with Gasteiger partial charge in [0, 0.05) is 11.5 Å². The minimum atomic E-state index is 0.492. The molecule has 1 heterocycles. The second-order valence-corrected chi connectivity index (χ2v) is 6.03. The molecule has 128 valence electrons. The normalized spacial score (nSPS) is 10.6. The van der Waals surface area contributed by atoms with Gasteiger partial charge in [-0.05, 0) is 23.3 Å². The van der Waals surface area contributed by atoms with Crippen LogP contribution in [0.1, 0.15) is 11.1 Å². The summed E-state index contributed by atoms with van der Waals surface area (Å²) in [6.07, 6.45) is 0. The zero-order valence-electron chi connectivity index (χ0n) is 14.3. The van der Waals surface area contributed by atoms with Crippen molar-refractivity contribution in [3.8, 4) is 11.6 Å². The lowest BCUT2D eigenvalue weighted by molar-refractivity contribution is 0.292. The first kappa shape index (κ1) is 16.2. The quantitative estimate of drug-likeness (QED) is 0.471. The minimum absolute atomic E-state index is 0.492. The van der Waals surface area contributed by atoms with E-state index in [9.17, 15) is 0 Å². The zero-order chi connectivity index (χ0) is 17.6. The maximum Gasteiger partial charge on any atom is 0.214 e. The molecule has 3 nitrogen and oxygen atoms in total. The van der Waals surface area contributed by atoms with Gasteiger partial charge in [-0.1, -0.05) is 72.8 Å². The zero-order valence-corrected chi connectivity index (χ0v) is 14.3. The Morgan fingerprint density at radius 3 is 1.92 bits per heavy atom. The van der Waals surface area contributed by atoms with Crippen LogP contribution in [0.25, 0.3) is 10.9 Å². The number of pyridine rings is 1. The highest BCUT2D eigenvalue weighted by Crippen LogP contribution is 2.27. The first-order valence-electron chi connectivity index (χ1n) is 8.62. The van der Waals surface area contributed by atoms with Gasteiger partial charge in [-0.2, -0.15) is 0 Å². The summed E-state index contributed by atoms with van der Waals surface area (Å²) in [5, 5.41) is 1.03. The SMILES string of the molecule is c1ccc(COc2ccc3cccc(OCc4ccccc4)c3n2)cc1.